The molecule has 0 aliphatic rings. The Bertz CT molecular complexity index is 1100. The fourth-order valence-electron chi connectivity index (χ4n) is 3.71. The van der Waals surface area contributed by atoms with Gasteiger partial charge in [0.25, 0.3) is 0 Å². The summed E-state index contributed by atoms with van der Waals surface area (Å²) in [7, 11) is 9.47. The molecule has 1 N–H and O–H groups in total. The Kier molecular flexibility index (Phi) is 8.27. The van der Waals surface area contributed by atoms with Crippen LogP contribution in [0.1, 0.15) is 22.3 Å². The number of aliphatic hydroxyl groups is 1. The van der Waals surface area contributed by atoms with Crippen molar-refractivity contribution in [1.82, 2.24) is 0 Å². The lowest BCUT2D eigenvalue weighted by Crippen LogP contribution is -1.98. The Morgan fingerprint density at radius 1 is 0.618 bits per heavy atom. The van der Waals surface area contributed by atoms with Gasteiger partial charge in [-0.05, 0) is 58.2 Å². The Hall–Kier alpha value is -3.84. The molecule has 0 radical (unpaired) electrons. The van der Waals surface area contributed by atoms with Crippen LogP contribution in [0.3, 0.4) is 0 Å². The number of benzene rings is 3. The topological polar surface area (TPSA) is 75.6 Å². The number of rotatable bonds is 10. The third kappa shape index (κ3) is 5.05. The molecule has 3 aromatic carbocycles. The highest BCUT2D eigenvalue weighted by Gasteiger charge is 2.18. The molecule has 7 nitrogen and oxygen atoms in total. The molecule has 3 rings (SSSR count). The van der Waals surface area contributed by atoms with Crippen molar-refractivity contribution in [3.8, 4) is 34.5 Å². The van der Waals surface area contributed by atoms with E-state index in [4.69, 9.17) is 28.4 Å². The first-order chi connectivity index (χ1) is 16.5. The van der Waals surface area contributed by atoms with E-state index >= 15 is 0 Å². The van der Waals surface area contributed by atoms with Crippen molar-refractivity contribution in [2.45, 2.75) is 6.61 Å². The zero-order chi connectivity index (χ0) is 24.7. The van der Waals surface area contributed by atoms with E-state index in [-0.39, 0.29) is 6.61 Å². The van der Waals surface area contributed by atoms with E-state index in [1.54, 1.807) is 42.7 Å². The summed E-state index contributed by atoms with van der Waals surface area (Å²) in [6.07, 6.45) is 2.01. The summed E-state index contributed by atoms with van der Waals surface area (Å²) in [5.74, 6) is 3.21. The standard InChI is InChI=1S/C27H30O7/c1-29-22-12-18(13-23(30-2)26(22)33-5)11-21(19-9-7-17(16-28)8-10-19)20-14-24(31-3)27(34-6)25(15-20)32-4/h7-15,28H,16H2,1-6H3/b21-11-. The number of hydrogen-bond donors (Lipinski definition) is 1. The summed E-state index contributed by atoms with van der Waals surface area (Å²) in [5, 5.41) is 9.48. The number of hydrogen-bond acceptors (Lipinski definition) is 7. The first-order valence-corrected chi connectivity index (χ1v) is 10.6. The summed E-state index contributed by atoms with van der Waals surface area (Å²) < 4.78 is 33.1. The van der Waals surface area contributed by atoms with Gasteiger partial charge in [0.2, 0.25) is 11.5 Å². The molecule has 0 heterocycles. The normalized spacial score (nSPS) is 11.1. The summed E-state index contributed by atoms with van der Waals surface area (Å²) in [6.45, 7) is -0.0314. The van der Waals surface area contributed by atoms with E-state index < -0.39 is 0 Å². The van der Waals surface area contributed by atoms with Crippen LogP contribution in [0.5, 0.6) is 34.5 Å². The minimum Gasteiger partial charge on any atom is -0.493 e. The lowest BCUT2D eigenvalue weighted by Gasteiger charge is -2.17. The molecule has 0 fully saturated rings. The molecule has 0 aliphatic carbocycles. The smallest absolute Gasteiger partial charge is 0.203 e. The van der Waals surface area contributed by atoms with Gasteiger partial charge in [-0.2, -0.15) is 0 Å². The molecule has 0 aliphatic heterocycles. The molecule has 0 spiro atoms. The van der Waals surface area contributed by atoms with Crippen molar-refractivity contribution in [3.05, 3.63) is 70.8 Å². The molecular weight excluding hydrogens is 436 g/mol. The molecule has 0 unspecified atom stereocenters. The third-order valence-corrected chi connectivity index (χ3v) is 5.42. The number of aliphatic hydroxyl groups excluding tert-OH is 1. The van der Waals surface area contributed by atoms with Crippen molar-refractivity contribution in [1.29, 1.82) is 0 Å². The first kappa shape index (κ1) is 24.8. The Balaban J connectivity index is 2.29. The lowest BCUT2D eigenvalue weighted by atomic mass is 9.94. The molecule has 0 atom stereocenters. The van der Waals surface area contributed by atoms with Crippen LogP contribution in [0, 0.1) is 0 Å². The molecule has 0 aromatic heterocycles. The predicted molar refractivity (Wildman–Crippen MR) is 132 cm³/mol. The second kappa shape index (κ2) is 11.3. The van der Waals surface area contributed by atoms with Crippen molar-refractivity contribution < 1.29 is 33.5 Å². The molecule has 0 amide bonds. The van der Waals surface area contributed by atoms with Gasteiger partial charge in [0, 0.05) is 0 Å². The maximum Gasteiger partial charge on any atom is 0.203 e. The highest BCUT2D eigenvalue weighted by molar-refractivity contribution is 5.93. The molecular formula is C27H30O7. The first-order valence-electron chi connectivity index (χ1n) is 10.6. The third-order valence-electron chi connectivity index (χ3n) is 5.42. The van der Waals surface area contributed by atoms with Crippen LogP contribution in [0.25, 0.3) is 11.6 Å². The summed E-state index contributed by atoms with van der Waals surface area (Å²) in [4.78, 5) is 0. The van der Waals surface area contributed by atoms with Gasteiger partial charge in [-0.15, -0.1) is 0 Å². The van der Waals surface area contributed by atoms with E-state index in [0.29, 0.717) is 34.5 Å². The Morgan fingerprint density at radius 2 is 1.06 bits per heavy atom. The largest absolute Gasteiger partial charge is 0.493 e. The molecule has 0 saturated heterocycles. The van der Waals surface area contributed by atoms with Crippen LogP contribution in [0.4, 0.5) is 0 Å². The van der Waals surface area contributed by atoms with Crippen LogP contribution >= 0.6 is 0 Å². The van der Waals surface area contributed by atoms with Gasteiger partial charge in [-0.1, -0.05) is 24.3 Å². The molecule has 0 bridgehead atoms. The SMILES string of the molecule is COc1cc(/C=C(/c2ccc(CO)cc2)c2cc(OC)c(OC)c(OC)c2)cc(OC)c1OC. The van der Waals surface area contributed by atoms with Crippen LogP contribution in [-0.4, -0.2) is 47.8 Å². The molecule has 3 aromatic rings. The average Bonchev–Trinajstić information content (AvgIpc) is 2.90. The van der Waals surface area contributed by atoms with Gasteiger partial charge in [0.05, 0.1) is 49.3 Å². The van der Waals surface area contributed by atoms with Gasteiger partial charge in [0.15, 0.2) is 23.0 Å². The maximum atomic E-state index is 9.48. The molecule has 0 saturated carbocycles. The summed E-state index contributed by atoms with van der Waals surface area (Å²) in [5.41, 5.74) is 4.32. The monoisotopic (exact) mass is 466 g/mol. The van der Waals surface area contributed by atoms with Crippen molar-refractivity contribution in [2.24, 2.45) is 0 Å². The summed E-state index contributed by atoms with van der Waals surface area (Å²) >= 11 is 0. The zero-order valence-electron chi connectivity index (χ0n) is 20.3. The van der Waals surface area contributed by atoms with Crippen LogP contribution in [-0.2, 0) is 6.61 Å². The maximum absolute atomic E-state index is 9.48. The molecule has 7 heteroatoms. The van der Waals surface area contributed by atoms with Gasteiger partial charge in [-0.3, -0.25) is 0 Å². The second-order valence-electron chi connectivity index (χ2n) is 7.29. The molecule has 34 heavy (non-hydrogen) atoms. The van der Waals surface area contributed by atoms with Crippen LogP contribution < -0.4 is 28.4 Å². The predicted octanol–water partition coefficient (Wildman–Crippen LogP) is 4.82. The fourth-order valence-corrected chi connectivity index (χ4v) is 3.71. The van der Waals surface area contributed by atoms with E-state index in [9.17, 15) is 5.11 Å². The lowest BCUT2D eigenvalue weighted by molar-refractivity contribution is 0.282. The van der Waals surface area contributed by atoms with Gasteiger partial charge in [-0.25, -0.2) is 0 Å². The number of methoxy groups -OCH3 is 6. The van der Waals surface area contributed by atoms with Gasteiger partial charge >= 0.3 is 0 Å². The average molecular weight is 467 g/mol. The quantitative estimate of drug-likeness (QED) is 0.430. The molecule has 180 valence electrons. The van der Waals surface area contributed by atoms with E-state index in [0.717, 1.165) is 27.8 Å². The minimum atomic E-state index is -0.0314. The number of ether oxygens (including phenoxy) is 6. The van der Waals surface area contributed by atoms with E-state index in [1.165, 1.54) is 0 Å². The second-order valence-corrected chi connectivity index (χ2v) is 7.29. The van der Waals surface area contributed by atoms with Crippen LogP contribution in [0.2, 0.25) is 0 Å². The summed E-state index contributed by atoms with van der Waals surface area (Å²) in [6, 6.07) is 15.2. The highest BCUT2D eigenvalue weighted by atomic mass is 16.5. The Morgan fingerprint density at radius 3 is 1.44 bits per heavy atom. The zero-order valence-corrected chi connectivity index (χ0v) is 20.3. The van der Waals surface area contributed by atoms with Gasteiger partial charge < -0.3 is 33.5 Å². The Labute approximate surface area is 200 Å². The van der Waals surface area contributed by atoms with Crippen molar-refractivity contribution in [2.75, 3.05) is 42.7 Å². The highest BCUT2D eigenvalue weighted by Crippen LogP contribution is 2.43. The fraction of sp³-hybridized carbons (Fsp3) is 0.259. The van der Waals surface area contributed by atoms with E-state index in [1.807, 2.05) is 54.6 Å². The van der Waals surface area contributed by atoms with Crippen LogP contribution in [0.15, 0.2) is 48.5 Å². The van der Waals surface area contributed by atoms with Gasteiger partial charge in [0.1, 0.15) is 0 Å². The van der Waals surface area contributed by atoms with E-state index in [2.05, 4.69) is 0 Å². The van der Waals surface area contributed by atoms with Crippen molar-refractivity contribution in [3.63, 3.8) is 0 Å². The van der Waals surface area contributed by atoms with Crippen molar-refractivity contribution >= 4 is 11.6 Å². The minimum absolute atomic E-state index is 0.0314.